The number of thiazole rings is 1. The van der Waals surface area contributed by atoms with Crippen LogP contribution in [0.1, 0.15) is 80.6 Å². The average Bonchev–Trinajstić information content (AvgIpc) is 3.42. The number of fused-ring (bicyclic) bond motifs is 1. The highest BCUT2D eigenvalue weighted by atomic mass is 127. The van der Waals surface area contributed by atoms with Crippen LogP contribution in [-0.4, -0.2) is 21.7 Å². The average molecular weight is 694 g/mol. The molecule has 0 saturated heterocycles. The van der Waals surface area contributed by atoms with Crippen LogP contribution in [-0.2, 0) is 9.53 Å². The molecule has 0 unspecified atom stereocenters. The molecule has 0 spiro atoms. The summed E-state index contributed by atoms with van der Waals surface area (Å²) in [6, 6.07) is 18.1. The Morgan fingerprint density at radius 2 is 1.79 bits per heavy atom. The molecule has 42 heavy (non-hydrogen) atoms. The first kappa shape index (κ1) is 30.2. The molecule has 8 heteroatoms. The van der Waals surface area contributed by atoms with Gasteiger partial charge >= 0.3 is 5.97 Å². The van der Waals surface area contributed by atoms with Crippen LogP contribution < -0.4 is 14.9 Å². The molecule has 0 aliphatic carbocycles. The Hall–Kier alpha value is -3.24. The maximum Gasteiger partial charge on any atom is 0.338 e. The number of aromatic nitrogens is 2. The molecule has 4 aromatic rings. The summed E-state index contributed by atoms with van der Waals surface area (Å²) in [6.07, 6.45) is 3.40. The molecule has 0 radical (unpaired) electrons. The highest BCUT2D eigenvalue weighted by Crippen LogP contribution is 2.33. The van der Waals surface area contributed by atoms with E-state index in [1.54, 1.807) is 11.5 Å². The van der Waals surface area contributed by atoms with Crippen molar-refractivity contribution in [2.75, 3.05) is 6.61 Å². The summed E-state index contributed by atoms with van der Waals surface area (Å²) in [5.41, 5.74) is 7.26. The van der Waals surface area contributed by atoms with Gasteiger partial charge in [0, 0.05) is 20.6 Å². The normalized spacial score (nSPS) is 15.2. The number of hydrogen-bond acceptors (Lipinski definition) is 5. The standard InChI is InChI=1S/C34H36IN3O3S/c1-7-9-28-30(33(40)41-8-2)31(24-12-10-23(11-13-24)20(3)4)38-32(39)29(42-34(38)36-28)19-25-18-21(5)37(22(25)6)27-16-14-26(35)15-17-27/h10-20,31H,7-9H2,1-6H3/b29-19-/t31-/m0/s1. The van der Waals surface area contributed by atoms with E-state index < -0.39 is 12.0 Å². The molecule has 1 aliphatic rings. The van der Waals surface area contributed by atoms with Crippen molar-refractivity contribution in [2.24, 2.45) is 4.99 Å². The number of aryl methyl sites for hydroxylation is 1. The van der Waals surface area contributed by atoms with Crippen molar-refractivity contribution in [3.8, 4) is 5.69 Å². The quantitative estimate of drug-likeness (QED) is 0.152. The molecule has 1 atom stereocenters. The topological polar surface area (TPSA) is 65.6 Å². The van der Waals surface area contributed by atoms with Gasteiger partial charge in [0.1, 0.15) is 0 Å². The summed E-state index contributed by atoms with van der Waals surface area (Å²) < 4.78 is 11.2. The van der Waals surface area contributed by atoms with Gasteiger partial charge < -0.3 is 9.30 Å². The van der Waals surface area contributed by atoms with Crippen LogP contribution in [0, 0.1) is 17.4 Å². The second kappa shape index (κ2) is 12.6. The summed E-state index contributed by atoms with van der Waals surface area (Å²) >= 11 is 3.68. The Balaban J connectivity index is 1.71. The van der Waals surface area contributed by atoms with Gasteiger partial charge in [-0.15, -0.1) is 0 Å². The molecule has 0 bridgehead atoms. The Morgan fingerprint density at radius 3 is 2.40 bits per heavy atom. The monoisotopic (exact) mass is 693 g/mol. The lowest BCUT2D eigenvalue weighted by Gasteiger charge is -2.26. The number of benzene rings is 2. The maximum atomic E-state index is 14.2. The first-order valence-corrected chi connectivity index (χ1v) is 16.3. The van der Waals surface area contributed by atoms with E-state index in [0.29, 0.717) is 32.9 Å². The molecule has 5 rings (SSSR count). The van der Waals surface area contributed by atoms with Gasteiger partial charge in [-0.2, -0.15) is 0 Å². The highest BCUT2D eigenvalue weighted by Gasteiger charge is 2.34. The van der Waals surface area contributed by atoms with Crippen molar-refractivity contribution >= 4 is 46.0 Å². The number of ether oxygens (including phenoxy) is 1. The number of carbonyl (C=O) groups excluding carboxylic acids is 1. The lowest BCUT2D eigenvalue weighted by Crippen LogP contribution is -2.40. The zero-order chi connectivity index (χ0) is 30.1. The number of carbonyl (C=O) groups is 1. The fraction of sp³-hybridized carbons (Fsp3) is 0.324. The van der Waals surface area contributed by atoms with E-state index in [1.165, 1.54) is 20.5 Å². The van der Waals surface area contributed by atoms with Crippen LogP contribution in [0.25, 0.3) is 11.8 Å². The number of hydrogen-bond donors (Lipinski definition) is 0. The largest absolute Gasteiger partial charge is 0.463 e. The van der Waals surface area contributed by atoms with E-state index in [1.807, 2.05) is 18.2 Å². The van der Waals surface area contributed by atoms with Crippen molar-refractivity contribution in [1.29, 1.82) is 0 Å². The van der Waals surface area contributed by atoms with Crippen LogP contribution >= 0.6 is 33.9 Å². The van der Waals surface area contributed by atoms with Gasteiger partial charge in [0.2, 0.25) is 0 Å². The number of nitrogens with zero attached hydrogens (tertiary/aromatic N) is 3. The van der Waals surface area contributed by atoms with E-state index in [2.05, 4.69) is 104 Å². The second-order valence-corrected chi connectivity index (χ2v) is 13.1. The van der Waals surface area contributed by atoms with Gasteiger partial charge in [-0.1, -0.05) is 62.8 Å². The van der Waals surface area contributed by atoms with Gasteiger partial charge in [-0.25, -0.2) is 9.79 Å². The first-order chi connectivity index (χ1) is 20.1. The zero-order valence-electron chi connectivity index (χ0n) is 24.9. The summed E-state index contributed by atoms with van der Waals surface area (Å²) in [5.74, 6) is -0.0479. The van der Waals surface area contributed by atoms with E-state index in [4.69, 9.17) is 9.73 Å². The van der Waals surface area contributed by atoms with Crippen molar-refractivity contribution < 1.29 is 9.53 Å². The number of halogens is 1. The second-order valence-electron chi connectivity index (χ2n) is 10.9. The van der Waals surface area contributed by atoms with Crippen LogP contribution in [0.2, 0.25) is 0 Å². The van der Waals surface area contributed by atoms with Crippen molar-refractivity contribution in [3.63, 3.8) is 0 Å². The summed E-state index contributed by atoms with van der Waals surface area (Å²) in [5, 5.41) is 0. The van der Waals surface area contributed by atoms with Crippen molar-refractivity contribution in [1.82, 2.24) is 9.13 Å². The summed E-state index contributed by atoms with van der Waals surface area (Å²) in [6.45, 7) is 12.6. The van der Waals surface area contributed by atoms with Gasteiger partial charge in [0.15, 0.2) is 4.80 Å². The summed E-state index contributed by atoms with van der Waals surface area (Å²) in [7, 11) is 0. The van der Waals surface area contributed by atoms with Gasteiger partial charge in [0.05, 0.1) is 28.5 Å². The predicted molar refractivity (Wildman–Crippen MR) is 178 cm³/mol. The molecule has 6 nitrogen and oxygen atoms in total. The Bertz CT molecular complexity index is 1840. The first-order valence-electron chi connectivity index (χ1n) is 14.4. The predicted octanol–water partition coefficient (Wildman–Crippen LogP) is 6.71. The minimum absolute atomic E-state index is 0.159. The van der Waals surface area contributed by atoms with E-state index in [9.17, 15) is 9.59 Å². The third-order valence-electron chi connectivity index (χ3n) is 7.65. The molecule has 3 heterocycles. The highest BCUT2D eigenvalue weighted by molar-refractivity contribution is 14.1. The molecular formula is C34H36IN3O3S. The summed E-state index contributed by atoms with van der Waals surface area (Å²) in [4.78, 5) is 33.1. The number of esters is 1. The molecule has 2 aromatic heterocycles. The van der Waals surface area contributed by atoms with Gasteiger partial charge in [-0.05, 0) is 109 Å². The van der Waals surface area contributed by atoms with Gasteiger partial charge in [0.25, 0.3) is 5.56 Å². The zero-order valence-corrected chi connectivity index (χ0v) is 27.9. The molecule has 0 fully saturated rings. The molecule has 0 saturated carbocycles. The molecular weight excluding hydrogens is 657 g/mol. The fourth-order valence-electron chi connectivity index (χ4n) is 5.56. The van der Waals surface area contributed by atoms with Crippen molar-refractivity contribution in [3.05, 3.63) is 117 Å². The third-order valence-corrected chi connectivity index (χ3v) is 9.35. The Kier molecular flexibility index (Phi) is 9.03. The lowest BCUT2D eigenvalue weighted by atomic mass is 9.92. The van der Waals surface area contributed by atoms with Crippen LogP contribution in [0.5, 0.6) is 0 Å². The molecule has 2 aromatic carbocycles. The van der Waals surface area contributed by atoms with Crippen LogP contribution in [0.3, 0.4) is 0 Å². The maximum absolute atomic E-state index is 14.2. The number of rotatable bonds is 8. The van der Waals surface area contributed by atoms with Crippen LogP contribution in [0.4, 0.5) is 0 Å². The molecule has 0 amide bonds. The minimum Gasteiger partial charge on any atom is -0.463 e. The van der Waals surface area contributed by atoms with E-state index >= 15 is 0 Å². The molecule has 0 N–H and O–H groups in total. The van der Waals surface area contributed by atoms with E-state index in [-0.39, 0.29) is 12.2 Å². The number of allylic oxidation sites excluding steroid dienone is 1. The Labute approximate surface area is 264 Å². The minimum atomic E-state index is -0.607. The lowest BCUT2D eigenvalue weighted by molar-refractivity contribution is -0.139. The van der Waals surface area contributed by atoms with Crippen molar-refractivity contribution in [2.45, 2.75) is 66.3 Å². The van der Waals surface area contributed by atoms with Gasteiger partial charge in [-0.3, -0.25) is 9.36 Å². The van der Waals surface area contributed by atoms with Crippen LogP contribution in [0.15, 0.2) is 75.7 Å². The molecule has 1 aliphatic heterocycles. The Morgan fingerprint density at radius 1 is 1.10 bits per heavy atom. The molecule has 218 valence electrons. The smallest absolute Gasteiger partial charge is 0.338 e. The fourth-order valence-corrected chi connectivity index (χ4v) is 6.93. The SMILES string of the molecule is CCCC1=C(C(=O)OCC)[C@H](c2ccc(C(C)C)cc2)n2c(s/c(=C\c3cc(C)n(-c4ccc(I)cc4)c3C)c2=O)=N1. The third kappa shape index (κ3) is 5.71. The van der Waals surface area contributed by atoms with E-state index in [0.717, 1.165) is 34.6 Å².